The van der Waals surface area contributed by atoms with Crippen molar-refractivity contribution >= 4 is 52.8 Å². The number of aryl methyl sites for hydroxylation is 1. The molecule has 0 bridgehead atoms. The lowest BCUT2D eigenvalue weighted by atomic mass is 9.96. The zero-order valence-electron chi connectivity index (χ0n) is 48.6. The van der Waals surface area contributed by atoms with Gasteiger partial charge in [-0.25, -0.2) is 0 Å². The van der Waals surface area contributed by atoms with E-state index in [0.29, 0.717) is 5.56 Å². The summed E-state index contributed by atoms with van der Waals surface area (Å²) >= 11 is 0. The van der Waals surface area contributed by atoms with Gasteiger partial charge >= 0.3 is 41.8 Å². The Morgan fingerprint density at radius 2 is 0.885 bits per heavy atom. The van der Waals surface area contributed by atoms with Crippen LogP contribution in [0.1, 0.15) is 70.7 Å². The van der Waals surface area contributed by atoms with Crippen LogP contribution in [0.3, 0.4) is 0 Å². The number of esters is 7. The smallest absolute Gasteiger partial charge is 0.303 e. The van der Waals surface area contributed by atoms with Crippen molar-refractivity contribution in [3.05, 3.63) is 148 Å². The molecule has 0 radical (unpaired) electrons. The minimum Gasteiger partial charge on any atom is -0.507 e. The van der Waals surface area contributed by atoms with Crippen LogP contribution < -0.4 is 24.4 Å². The maximum Gasteiger partial charge on any atom is 0.303 e. The Bertz CT molecular complexity index is 3430. The van der Waals surface area contributed by atoms with Crippen LogP contribution in [0.5, 0.6) is 28.7 Å². The van der Waals surface area contributed by atoms with Gasteiger partial charge in [0.25, 0.3) is 0 Å². The molecule has 6 aromatic rings. The van der Waals surface area contributed by atoms with E-state index in [2.05, 4.69) is 0 Å². The molecule has 2 aliphatic rings. The average Bonchev–Trinajstić information content (AvgIpc) is 0.879. The number of phenols is 1. The van der Waals surface area contributed by atoms with E-state index in [1.54, 1.807) is 6.92 Å². The summed E-state index contributed by atoms with van der Waals surface area (Å²) in [5, 5.41) is 11.1. The van der Waals surface area contributed by atoms with Crippen molar-refractivity contribution in [2.45, 2.75) is 137 Å². The minimum atomic E-state index is -2.09. The van der Waals surface area contributed by atoms with Crippen LogP contribution in [0.4, 0.5) is 0 Å². The standard InChI is InChI=1S/C63H64O24/c1-33-24-45(71)51-46(25-33)83-53(44-26-47(75-28-41-18-12-9-13-19-41)54(77-30-43-22-16-11-17-23-43)48(27-44)76-29-42-20-14-10-15-21-42)57(52(51)72)87-63-61(82-40(8)70)59(80-38(6)68)56(50(85-63)32-74-35(3)65)86-62-60(81-39(7)69)58(79-37(5)67)55(78-36(4)66)49(84-62)31-73-34(2)64/h9-27,49-50,55-56,58-63,71H,28-32H2,1-8H3/t49-,50-,55+,56-,58+,59+,60-,61-,62+,63+/m1/s1. The lowest BCUT2D eigenvalue weighted by molar-refractivity contribution is -0.354. The van der Waals surface area contributed by atoms with Gasteiger partial charge in [0.05, 0.1) is 0 Å². The third-order valence-corrected chi connectivity index (χ3v) is 13.2. The predicted octanol–water partition coefficient (Wildman–Crippen LogP) is 7.21. The second-order valence-corrected chi connectivity index (χ2v) is 20.2. The highest BCUT2D eigenvalue weighted by Crippen LogP contribution is 2.46. The molecule has 24 nitrogen and oxygen atoms in total. The lowest BCUT2D eigenvalue weighted by Crippen LogP contribution is -2.67. The largest absolute Gasteiger partial charge is 0.507 e. The molecule has 0 unspecified atom stereocenters. The quantitative estimate of drug-likeness (QED) is 0.0489. The minimum absolute atomic E-state index is 0.00420. The Kier molecular flexibility index (Phi) is 21.2. The zero-order valence-corrected chi connectivity index (χ0v) is 48.6. The molecule has 1 aromatic heterocycles. The number of hydrogen-bond acceptors (Lipinski definition) is 24. The van der Waals surface area contributed by atoms with Crippen molar-refractivity contribution in [2.24, 2.45) is 0 Å². The predicted molar refractivity (Wildman–Crippen MR) is 301 cm³/mol. The molecule has 0 saturated carbocycles. The van der Waals surface area contributed by atoms with E-state index < -0.39 is 133 Å². The van der Waals surface area contributed by atoms with Crippen LogP contribution in [-0.4, -0.2) is 122 Å². The summed E-state index contributed by atoms with van der Waals surface area (Å²) in [6.07, 6.45) is -18.4. The molecule has 87 heavy (non-hydrogen) atoms. The molecular formula is C63H64O24. The van der Waals surface area contributed by atoms with Gasteiger partial charge in [-0.3, -0.25) is 38.4 Å². The van der Waals surface area contributed by atoms with Gasteiger partial charge in [0.1, 0.15) is 68.1 Å². The molecule has 1 N–H and O–H groups in total. The van der Waals surface area contributed by atoms with Crippen LogP contribution in [-0.2, 0) is 101 Å². The topological polar surface area (TPSA) is 299 Å². The fourth-order valence-corrected chi connectivity index (χ4v) is 9.66. The fourth-order valence-electron chi connectivity index (χ4n) is 9.66. The van der Waals surface area contributed by atoms with Gasteiger partial charge in [-0.05, 0) is 53.4 Å². The van der Waals surface area contributed by atoms with Gasteiger partial charge in [-0.15, -0.1) is 0 Å². The maximum absolute atomic E-state index is 15.4. The number of aromatic hydroxyl groups is 1. The monoisotopic (exact) mass is 1200 g/mol. The van der Waals surface area contributed by atoms with Crippen molar-refractivity contribution in [3.63, 3.8) is 0 Å². The summed E-state index contributed by atoms with van der Waals surface area (Å²) in [6.45, 7) is 7.40. The van der Waals surface area contributed by atoms with Crippen molar-refractivity contribution < 1.29 is 109 Å². The first kappa shape index (κ1) is 63.5. The maximum atomic E-state index is 15.4. The number of carbonyl (C=O) groups is 7. The summed E-state index contributed by atoms with van der Waals surface area (Å²) in [6, 6.07) is 33.6. The number of hydrogen-bond donors (Lipinski definition) is 1. The molecule has 2 fully saturated rings. The third kappa shape index (κ3) is 16.7. The fraction of sp³-hybridized carbons (Fsp3) is 0.365. The molecule has 460 valence electrons. The highest BCUT2D eigenvalue weighted by molar-refractivity contribution is 5.88. The van der Waals surface area contributed by atoms with Crippen LogP contribution >= 0.6 is 0 Å². The van der Waals surface area contributed by atoms with Gasteiger partial charge < -0.3 is 75.8 Å². The SMILES string of the molecule is CC(=O)OC[C@H]1O[C@@H](O[C@H]2[C@H](OC(C)=O)[C@@H](OC(C)=O)[C@H](Oc3c(-c4cc(OCc5ccccc5)c(OCc5ccccc5)c(OCc5ccccc5)c4)oc4cc(C)cc(O)c4c3=O)O[C@@H]2COC(C)=O)[C@H](OC(C)=O)[C@@H](OC(C)=O)[C@H]1OC(C)=O. The second kappa shape index (κ2) is 29.0. The molecule has 24 heteroatoms. The molecule has 3 heterocycles. The number of phenolic OH excluding ortho intramolecular Hbond substituents is 1. The van der Waals surface area contributed by atoms with Crippen molar-refractivity contribution in [2.75, 3.05) is 13.2 Å². The summed E-state index contributed by atoms with van der Waals surface area (Å²) in [7, 11) is 0. The van der Waals surface area contributed by atoms with Gasteiger partial charge in [-0.2, -0.15) is 0 Å². The molecular weight excluding hydrogens is 1140 g/mol. The first-order valence-electron chi connectivity index (χ1n) is 27.4. The molecule has 0 spiro atoms. The van der Waals surface area contributed by atoms with Gasteiger partial charge in [0.2, 0.25) is 29.3 Å². The van der Waals surface area contributed by atoms with E-state index in [0.717, 1.165) is 65.2 Å². The van der Waals surface area contributed by atoms with Gasteiger partial charge in [0.15, 0.2) is 48.0 Å². The molecule has 5 aromatic carbocycles. The number of benzene rings is 5. The summed E-state index contributed by atoms with van der Waals surface area (Å²) in [5.74, 6) is -7.87. The van der Waals surface area contributed by atoms with E-state index in [1.165, 1.54) is 24.3 Å². The lowest BCUT2D eigenvalue weighted by Gasteiger charge is -2.48. The Morgan fingerprint density at radius 1 is 0.471 bits per heavy atom. The average molecular weight is 1210 g/mol. The van der Waals surface area contributed by atoms with Crippen LogP contribution in [0, 0.1) is 6.92 Å². The van der Waals surface area contributed by atoms with Crippen LogP contribution in [0.2, 0.25) is 0 Å². The summed E-state index contributed by atoms with van der Waals surface area (Å²) < 4.78 is 91.5. The van der Waals surface area contributed by atoms with Crippen molar-refractivity contribution in [3.8, 4) is 40.1 Å². The Morgan fingerprint density at radius 3 is 1.36 bits per heavy atom. The first-order valence-corrected chi connectivity index (χ1v) is 27.4. The second-order valence-electron chi connectivity index (χ2n) is 20.2. The number of carbonyl (C=O) groups excluding carboxylic acids is 7. The molecule has 0 aliphatic carbocycles. The number of fused-ring (bicyclic) bond motifs is 1. The van der Waals surface area contributed by atoms with Gasteiger partial charge in [0, 0.05) is 54.0 Å². The van der Waals surface area contributed by atoms with E-state index >= 15 is 4.79 Å². The molecule has 8 rings (SSSR count). The summed E-state index contributed by atoms with van der Waals surface area (Å²) in [5.41, 5.74) is 1.75. The van der Waals surface area contributed by atoms with Crippen LogP contribution in [0.25, 0.3) is 22.3 Å². The molecule has 2 saturated heterocycles. The van der Waals surface area contributed by atoms with Crippen LogP contribution in [0.15, 0.2) is 124 Å². The molecule has 2 aliphatic heterocycles. The van der Waals surface area contributed by atoms with Crippen molar-refractivity contribution in [1.82, 2.24) is 0 Å². The molecule has 10 atom stereocenters. The Labute approximate surface area is 498 Å². The number of rotatable bonds is 23. The van der Waals surface area contributed by atoms with E-state index in [4.69, 9.17) is 70.7 Å². The van der Waals surface area contributed by atoms with Crippen molar-refractivity contribution in [1.29, 1.82) is 0 Å². The van der Waals surface area contributed by atoms with E-state index in [1.807, 2.05) is 91.0 Å². The zero-order chi connectivity index (χ0) is 62.5. The Hall–Kier alpha value is -9.52. The normalized spacial score (nSPS) is 21.5. The highest BCUT2D eigenvalue weighted by atomic mass is 16.8. The highest BCUT2D eigenvalue weighted by Gasteiger charge is 2.58. The summed E-state index contributed by atoms with van der Waals surface area (Å²) in [4.78, 5) is 105. The van der Waals surface area contributed by atoms with Gasteiger partial charge in [-0.1, -0.05) is 91.0 Å². The van der Waals surface area contributed by atoms with E-state index in [-0.39, 0.29) is 59.4 Å². The first-order chi connectivity index (χ1) is 41.6. The third-order valence-electron chi connectivity index (χ3n) is 13.2. The molecule has 0 amide bonds. The van der Waals surface area contributed by atoms with E-state index in [9.17, 15) is 38.7 Å². The Balaban J connectivity index is 1.30. The number of ether oxygens (including phenoxy) is 14.